The Bertz CT molecular complexity index is 752. The van der Waals surface area contributed by atoms with Crippen LogP contribution in [0.3, 0.4) is 0 Å². The number of imidazole rings is 1. The van der Waals surface area contributed by atoms with Crippen LogP contribution in [0.2, 0.25) is 0 Å². The van der Waals surface area contributed by atoms with Crippen molar-refractivity contribution in [1.29, 1.82) is 0 Å². The molecule has 2 aromatic rings. The minimum absolute atomic E-state index is 0.106. The molecule has 0 radical (unpaired) electrons. The number of pyridine rings is 1. The van der Waals surface area contributed by atoms with Crippen molar-refractivity contribution in [3.05, 3.63) is 42.6 Å². The van der Waals surface area contributed by atoms with E-state index in [1.54, 1.807) is 6.20 Å². The summed E-state index contributed by atoms with van der Waals surface area (Å²) in [6.45, 7) is 2.57. The van der Waals surface area contributed by atoms with Crippen LogP contribution in [0, 0.1) is 5.92 Å². The average molecular weight is 382 g/mol. The van der Waals surface area contributed by atoms with Gasteiger partial charge in [0.25, 0.3) is 5.91 Å². The molecule has 4 rings (SSSR count). The summed E-state index contributed by atoms with van der Waals surface area (Å²) in [6.07, 6.45) is 16.1. The lowest BCUT2D eigenvalue weighted by atomic mass is 9.94. The molecule has 0 spiro atoms. The number of anilines is 1. The molecule has 6 nitrogen and oxygen atoms in total. The number of aromatic nitrogens is 3. The first-order valence-corrected chi connectivity index (χ1v) is 10.6. The standard InChI is InChI=1S/C22H31N5O/c1-25(20-7-3-2-4-8-20)21-10-9-19(14-24-21)22(28)27-12-5-6-18(16-27)15-26-13-11-23-17-26/h9-11,13-14,17-18,20H,2-8,12,15-16H2,1H3. The molecule has 2 fully saturated rings. The number of likely N-dealkylation sites (tertiary alicyclic amines) is 1. The van der Waals surface area contributed by atoms with Crippen LogP contribution < -0.4 is 4.90 Å². The van der Waals surface area contributed by atoms with Crippen LogP contribution in [0.25, 0.3) is 0 Å². The molecule has 0 bridgehead atoms. The van der Waals surface area contributed by atoms with Crippen molar-refractivity contribution in [3.8, 4) is 0 Å². The van der Waals surface area contributed by atoms with Gasteiger partial charge in [-0.15, -0.1) is 0 Å². The molecule has 3 heterocycles. The molecule has 0 N–H and O–H groups in total. The van der Waals surface area contributed by atoms with E-state index >= 15 is 0 Å². The maximum atomic E-state index is 13.0. The number of piperidine rings is 1. The van der Waals surface area contributed by atoms with E-state index in [0.29, 0.717) is 17.5 Å². The fourth-order valence-corrected chi connectivity index (χ4v) is 4.65. The Hall–Kier alpha value is -2.37. The predicted octanol–water partition coefficient (Wildman–Crippen LogP) is 3.60. The second kappa shape index (κ2) is 8.76. The zero-order valence-corrected chi connectivity index (χ0v) is 16.8. The van der Waals surface area contributed by atoms with E-state index in [2.05, 4.69) is 26.5 Å². The van der Waals surface area contributed by atoms with Gasteiger partial charge in [-0.05, 0) is 43.7 Å². The van der Waals surface area contributed by atoms with Crippen LogP contribution in [0.4, 0.5) is 5.82 Å². The predicted molar refractivity (Wildman–Crippen MR) is 110 cm³/mol. The number of hydrogen-bond acceptors (Lipinski definition) is 4. The van der Waals surface area contributed by atoms with Gasteiger partial charge in [-0.3, -0.25) is 4.79 Å². The van der Waals surface area contributed by atoms with Gasteiger partial charge in [0.15, 0.2) is 0 Å². The first kappa shape index (κ1) is 19.0. The number of rotatable bonds is 5. The lowest BCUT2D eigenvalue weighted by molar-refractivity contribution is 0.0662. The van der Waals surface area contributed by atoms with Gasteiger partial charge in [0.05, 0.1) is 11.9 Å². The molecule has 0 aromatic carbocycles. The fraction of sp³-hybridized carbons (Fsp3) is 0.591. The Kier molecular flexibility index (Phi) is 5.93. The first-order valence-electron chi connectivity index (χ1n) is 10.6. The molecule has 1 unspecified atom stereocenters. The largest absolute Gasteiger partial charge is 0.357 e. The van der Waals surface area contributed by atoms with Gasteiger partial charge < -0.3 is 14.4 Å². The van der Waals surface area contributed by atoms with E-state index < -0.39 is 0 Å². The molecule has 1 aliphatic carbocycles. The van der Waals surface area contributed by atoms with Crippen molar-refractivity contribution >= 4 is 11.7 Å². The van der Waals surface area contributed by atoms with Crippen molar-refractivity contribution in [2.75, 3.05) is 25.0 Å². The topological polar surface area (TPSA) is 54.3 Å². The monoisotopic (exact) mass is 381 g/mol. The number of amides is 1. The van der Waals surface area contributed by atoms with Gasteiger partial charge in [-0.2, -0.15) is 0 Å². The van der Waals surface area contributed by atoms with Crippen LogP contribution in [0.15, 0.2) is 37.1 Å². The smallest absolute Gasteiger partial charge is 0.255 e. The molecule has 28 heavy (non-hydrogen) atoms. The summed E-state index contributed by atoms with van der Waals surface area (Å²) in [7, 11) is 2.13. The van der Waals surface area contributed by atoms with E-state index in [0.717, 1.165) is 38.3 Å². The van der Waals surface area contributed by atoms with Crippen molar-refractivity contribution in [3.63, 3.8) is 0 Å². The van der Waals surface area contributed by atoms with Gasteiger partial charge in [0, 0.05) is 51.3 Å². The zero-order chi connectivity index (χ0) is 19.3. The van der Waals surface area contributed by atoms with Gasteiger partial charge >= 0.3 is 0 Å². The number of carbonyl (C=O) groups excluding carboxylic acids is 1. The second-order valence-electron chi connectivity index (χ2n) is 8.33. The quantitative estimate of drug-likeness (QED) is 0.794. The van der Waals surface area contributed by atoms with Gasteiger partial charge in [0.1, 0.15) is 5.82 Å². The summed E-state index contributed by atoms with van der Waals surface area (Å²) in [6, 6.07) is 4.53. The summed E-state index contributed by atoms with van der Waals surface area (Å²) in [4.78, 5) is 26.0. The van der Waals surface area contributed by atoms with Crippen molar-refractivity contribution in [2.45, 2.75) is 57.5 Å². The highest BCUT2D eigenvalue weighted by atomic mass is 16.2. The van der Waals surface area contributed by atoms with E-state index in [9.17, 15) is 4.79 Å². The van der Waals surface area contributed by atoms with Crippen molar-refractivity contribution in [2.24, 2.45) is 5.92 Å². The Morgan fingerprint density at radius 1 is 1.18 bits per heavy atom. The summed E-state index contributed by atoms with van der Waals surface area (Å²) >= 11 is 0. The highest BCUT2D eigenvalue weighted by Crippen LogP contribution is 2.25. The molecule has 1 saturated carbocycles. The van der Waals surface area contributed by atoms with Crippen LogP contribution in [0.1, 0.15) is 55.3 Å². The Balaban J connectivity index is 1.37. The SMILES string of the molecule is CN(c1ccc(C(=O)N2CCCC(Cn3ccnc3)C2)cn1)C1CCCCC1. The summed E-state index contributed by atoms with van der Waals surface area (Å²) in [5, 5.41) is 0. The maximum absolute atomic E-state index is 13.0. The normalized spacial score (nSPS) is 20.9. The molecule has 1 saturated heterocycles. The van der Waals surface area contributed by atoms with Crippen LogP contribution in [-0.2, 0) is 6.54 Å². The van der Waals surface area contributed by atoms with Crippen LogP contribution in [0.5, 0.6) is 0 Å². The summed E-state index contributed by atoms with van der Waals surface area (Å²) in [5.74, 6) is 1.56. The second-order valence-corrected chi connectivity index (χ2v) is 8.33. The zero-order valence-electron chi connectivity index (χ0n) is 16.8. The van der Waals surface area contributed by atoms with Gasteiger partial charge in [-0.1, -0.05) is 19.3 Å². The maximum Gasteiger partial charge on any atom is 0.255 e. The molecule has 2 aliphatic rings. The van der Waals surface area contributed by atoms with Gasteiger partial charge in [-0.25, -0.2) is 9.97 Å². The minimum Gasteiger partial charge on any atom is -0.357 e. The Morgan fingerprint density at radius 3 is 2.75 bits per heavy atom. The fourth-order valence-electron chi connectivity index (χ4n) is 4.65. The Labute approximate surface area is 167 Å². The molecular weight excluding hydrogens is 350 g/mol. The van der Waals surface area contributed by atoms with E-state index in [-0.39, 0.29) is 5.91 Å². The summed E-state index contributed by atoms with van der Waals surface area (Å²) < 4.78 is 2.11. The summed E-state index contributed by atoms with van der Waals surface area (Å²) in [5.41, 5.74) is 0.698. The molecule has 1 aliphatic heterocycles. The van der Waals surface area contributed by atoms with E-state index in [1.165, 1.54) is 32.1 Å². The van der Waals surface area contributed by atoms with E-state index in [1.807, 2.05) is 35.8 Å². The lowest BCUT2D eigenvalue weighted by Crippen LogP contribution is -2.41. The van der Waals surface area contributed by atoms with E-state index in [4.69, 9.17) is 0 Å². The molecular formula is C22H31N5O. The van der Waals surface area contributed by atoms with Crippen LogP contribution in [-0.4, -0.2) is 51.5 Å². The highest BCUT2D eigenvalue weighted by Gasteiger charge is 2.25. The lowest BCUT2D eigenvalue weighted by Gasteiger charge is -2.33. The average Bonchev–Trinajstić information content (AvgIpc) is 3.27. The number of carbonyl (C=O) groups is 1. The molecule has 1 atom stereocenters. The highest BCUT2D eigenvalue weighted by molar-refractivity contribution is 5.94. The molecule has 150 valence electrons. The third-order valence-corrected chi connectivity index (χ3v) is 6.31. The molecule has 6 heteroatoms. The molecule has 2 aromatic heterocycles. The Morgan fingerprint density at radius 2 is 2.04 bits per heavy atom. The molecule has 1 amide bonds. The number of nitrogens with zero attached hydrogens (tertiary/aromatic N) is 5. The number of hydrogen-bond donors (Lipinski definition) is 0. The third kappa shape index (κ3) is 4.37. The third-order valence-electron chi connectivity index (χ3n) is 6.31. The van der Waals surface area contributed by atoms with Crippen molar-refractivity contribution in [1.82, 2.24) is 19.4 Å². The first-order chi connectivity index (χ1) is 13.7. The van der Waals surface area contributed by atoms with Crippen LogP contribution >= 0.6 is 0 Å². The van der Waals surface area contributed by atoms with Crippen molar-refractivity contribution < 1.29 is 4.79 Å². The minimum atomic E-state index is 0.106. The van der Waals surface area contributed by atoms with Gasteiger partial charge in [0.2, 0.25) is 0 Å².